The third-order valence-electron chi connectivity index (χ3n) is 6.96. The Balaban J connectivity index is 1.46. The highest BCUT2D eigenvalue weighted by Crippen LogP contribution is 2.47. The Kier molecular flexibility index (Phi) is 6.99. The molecule has 0 saturated heterocycles. The van der Waals surface area contributed by atoms with E-state index in [0.717, 1.165) is 65.8 Å². The molecule has 0 unspecified atom stereocenters. The molecule has 3 heterocycles. The molecule has 0 bridgehead atoms. The second-order valence-corrected chi connectivity index (χ2v) is 10.8. The van der Waals surface area contributed by atoms with E-state index in [-0.39, 0.29) is 5.97 Å². The van der Waals surface area contributed by atoms with Crippen molar-refractivity contribution in [3.63, 3.8) is 0 Å². The minimum Gasteiger partial charge on any atom is -0.493 e. The van der Waals surface area contributed by atoms with Gasteiger partial charge in [-0.3, -0.25) is 4.79 Å². The number of fused-ring (bicyclic) bond motifs is 5. The normalized spacial score (nSPS) is 14.2. The summed E-state index contributed by atoms with van der Waals surface area (Å²) in [5, 5.41) is 0.852. The van der Waals surface area contributed by atoms with Crippen LogP contribution in [-0.2, 0) is 22.6 Å². The van der Waals surface area contributed by atoms with Gasteiger partial charge < -0.3 is 28.6 Å². The molecule has 0 spiro atoms. The van der Waals surface area contributed by atoms with Gasteiger partial charge in [0.25, 0.3) is 0 Å². The Labute approximate surface area is 223 Å². The summed E-state index contributed by atoms with van der Waals surface area (Å²) < 4.78 is 28.5. The van der Waals surface area contributed by atoms with E-state index in [0.29, 0.717) is 30.3 Å². The van der Waals surface area contributed by atoms with Crippen LogP contribution in [0.3, 0.4) is 0 Å². The van der Waals surface area contributed by atoms with Gasteiger partial charge in [-0.25, -0.2) is 4.98 Å². The second-order valence-electron chi connectivity index (χ2n) is 10.8. The van der Waals surface area contributed by atoms with Gasteiger partial charge in [0.1, 0.15) is 18.0 Å². The van der Waals surface area contributed by atoms with Crippen LogP contribution in [0.5, 0.6) is 23.0 Å². The maximum Gasteiger partial charge on any atom is 0.306 e. The Morgan fingerprint density at radius 1 is 1.03 bits per heavy atom. The van der Waals surface area contributed by atoms with Crippen LogP contribution in [0.4, 0.5) is 5.69 Å². The zero-order chi connectivity index (χ0) is 27.0. The van der Waals surface area contributed by atoms with Gasteiger partial charge >= 0.3 is 5.97 Å². The van der Waals surface area contributed by atoms with Crippen molar-refractivity contribution in [1.82, 2.24) is 4.98 Å². The molecule has 0 amide bonds. The molecule has 38 heavy (non-hydrogen) atoms. The molecule has 5 rings (SSSR count). The third kappa shape index (κ3) is 4.91. The first-order chi connectivity index (χ1) is 18.2. The van der Waals surface area contributed by atoms with Crippen LogP contribution in [0, 0.1) is 0 Å². The molecule has 0 radical (unpaired) electrons. The molecule has 202 valence electrons. The average Bonchev–Trinajstić information content (AvgIpc) is 2.88. The van der Waals surface area contributed by atoms with Crippen LogP contribution in [0.2, 0.25) is 0 Å². The van der Waals surface area contributed by atoms with E-state index in [4.69, 9.17) is 28.7 Å². The number of esters is 1. The second kappa shape index (κ2) is 10.2. The summed E-state index contributed by atoms with van der Waals surface area (Å²) in [5.74, 6) is 2.39. The lowest BCUT2D eigenvalue weighted by atomic mass is 9.93. The SMILES string of the molecule is COc1cc2nc3c(cc2c(OC)c1OC)COc1cc2c(cc1-3)CCCN2CCCC(=O)OC(C)(C)C. The Morgan fingerprint density at radius 2 is 1.82 bits per heavy atom. The molecule has 8 nitrogen and oxygen atoms in total. The van der Waals surface area contributed by atoms with Crippen LogP contribution in [0.15, 0.2) is 24.3 Å². The molecule has 0 aliphatic carbocycles. The van der Waals surface area contributed by atoms with Gasteiger partial charge in [0, 0.05) is 53.8 Å². The molecule has 3 aromatic rings. The smallest absolute Gasteiger partial charge is 0.306 e. The summed E-state index contributed by atoms with van der Waals surface area (Å²) in [6.45, 7) is 7.87. The molecule has 1 aromatic heterocycles. The lowest BCUT2D eigenvalue weighted by Crippen LogP contribution is -2.31. The number of methoxy groups -OCH3 is 3. The number of nitrogens with zero attached hydrogens (tertiary/aromatic N) is 2. The molecular weight excluding hydrogens is 484 g/mol. The summed E-state index contributed by atoms with van der Waals surface area (Å²) in [4.78, 5) is 19.6. The summed E-state index contributed by atoms with van der Waals surface area (Å²) >= 11 is 0. The fourth-order valence-electron chi connectivity index (χ4n) is 5.36. The van der Waals surface area contributed by atoms with Crippen molar-refractivity contribution in [3.8, 4) is 34.3 Å². The quantitative estimate of drug-likeness (QED) is 0.368. The molecule has 8 heteroatoms. The largest absolute Gasteiger partial charge is 0.493 e. The molecule has 2 aliphatic rings. The van der Waals surface area contributed by atoms with Crippen LogP contribution in [-0.4, -0.2) is 51.0 Å². The van der Waals surface area contributed by atoms with Gasteiger partial charge in [-0.15, -0.1) is 0 Å². The zero-order valence-electron chi connectivity index (χ0n) is 23.1. The Morgan fingerprint density at radius 3 is 2.53 bits per heavy atom. The predicted molar refractivity (Wildman–Crippen MR) is 147 cm³/mol. The standard InChI is InChI=1S/C30H36N2O6/c1-30(2,3)38-26(33)10-8-12-32-11-7-9-18-13-21-24(16-23(18)32)37-17-19-14-20-22(31-27(19)21)15-25(34-4)29(36-6)28(20)35-5/h13-16H,7-12,17H2,1-6H3. The van der Waals surface area contributed by atoms with Crippen molar-refractivity contribution in [1.29, 1.82) is 0 Å². The Hall–Kier alpha value is -3.68. The Bertz CT molecular complexity index is 1380. The first-order valence-corrected chi connectivity index (χ1v) is 13.1. The highest BCUT2D eigenvalue weighted by atomic mass is 16.6. The summed E-state index contributed by atoms with van der Waals surface area (Å²) in [6, 6.07) is 8.32. The van der Waals surface area contributed by atoms with Crippen molar-refractivity contribution in [3.05, 3.63) is 35.4 Å². The van der Waals surface area contributed by atoms with Crippen LogP contribution in [0.25, 0.3) is 22.2 Å². The monoisotopic (exact) mass is 520 g/mol. The molecule has 2 aromatic carbocycles. The molecule has 0 N–H and O–H groups in total. The van der Waals surface area contributed by atoms with Crippen LogP contribution in [0.1, 0.15) is 51.2 Å². The number of aromatic nitrogens is 1. The van der Waals surface area contributed by atoms with Crippen LogP contribution < -0.4 is 23.8 Å². The number of pyridine rings is 1. The molecule has 0 fully saturated rings. The van der Waals surface area contributed by atoms with E-state index in [1.165, 1.54) is 11.3 Å². The fourth-order valence-corrected chi connectivity index (χ4v) is 5.36. The van der Waals surface area contributed by atoms with E-state index in [1.54, 1.807) is 21.3 Å². The molecule has 2 aliphatic heterocycles. The van der Waals surface area contributed by atoms with Gasteiger partial charge in [0.05, 0.1) is 32.5 Å². The molecule has 0 saturated carbocycles. The summed E-state index contributed by atoms with van der Waals surface area (Å²) in [6.07, 6.45) is 3.21. The van der Waals surface area contributed by atoms with Crippen molar-refractivity contribution in [2.45, 2.75) is 58.7 Å². The number of carbonyl (C=O) groups excluding carboxylic acids is 1. The highest BCUT2D eigenvalue weighted by molar-refractivity contribution is 5.94. The highest BCUT2D eigenvalue weighted by Gasteiger charge is 2.27. The molecule has 0 atom stereocenters. The van der Waals surface area contributed by atoms with Gasteiger partial charge in [-0.2, -0.15) is 0 Å². The van der Waals surface area contributed by atoms with E-state index in [2.05, 4.69) is 23.1 Å². The first-order valence-electron chi connectivity index (χ1n) is 13.1. The van der Waals surface area contributed by atoms with Crippen LogP contribution >= 0.6 is 0 Å². The van der Waals surface area contributed by atoms with E-state index in [9.17, 15) is 4.79 Å². The summed E-state index contributed by atoms with van der Waals surface area (Å²) in [5.41, 5.74) is 5.68. The molecular formula is C30H36N2O6. The maximum absolute atomic E-state index is 12.2. The number of hydrogen-bond donors (Lipinski definition) is 0. The number of hydrogen-bond acceptors (Lipinski definition) is 8. The van der Waals surface area contributed by atoms with Crippen molar-refractivity contribution in [2.75, 3.05) is 39.3 Å². The zero-order valence-corrected chi connectivity index (χ0v) is 23.1. The van der Waals surface area contributed by atoms with Crippen molar-refractivity contribution < 1.29 is 28.5 Å². The predicted octanol–water partition coefficient (Wildman–Crippen LogP) is 5.69. The fraction of sp³-hybridized carbons (Fsp3) is 0.467. The third-order valence-corrected chi connectivity index (χ3v) is 6.96. The number of aryl methyl sites for hydroxylation is 1. The number of carbonyl (C=O) groups is 1. The number of ether oxygens (including phenoxy) is 5. The van der Waals surface area contributed by atoms with Crippen molar-refractivity contribution >= 4 is 22.6 Å². The minimum atomic E-state index is -0.455. The topological polar surface area (TPSA) is 79.4 Å². The van der Waals surface area contributed by atoms with Gasteiger partial charge in [-0.1, -0.05) is 0 Å². The number of benzene rings is 2. The van der Waals surface area contributed by atoms with E-state index < -0.39 is 5.60 Å². The van der Waals surface area contributed by atoms with Gasteiger partial charge in [0.15, 0.2) is 11.5 Å². The van der Waals surface area contributed by atoms with E-state index in [1.807, 2.05) is 26.8 Å². The maximum atomic E-state index is 12.2. The number of rotatable bonds is 7. The van der Waals surface area contributed by atoms with Gasteiger partial charge in [0.2, 0.25) is 5.75 Å². The van der Waals surface area contributed by atoms with E-state index >= 15 is 0 Å². The lowest BCUT2D eigenvalue weighted by molar-refractivity contribution is -0.154. The summed E-state index contributed by atoms with van der Waals surface area (Å²) in [7, 11) is 4.82. The number of anilines is 1. The van der Waals surface area contributed by atoms with Crippen molar-refractivity contribution in [2.24, 2.45) is 0 Å². The average molecular weight is 521 g/mol. The minimum absolute atomic E-state index is 0.149. The van der Waals surface area contributed by atoms with Gasteiger partial charge in [-0.05, 0) is 57.7 Å². The lowest BCUT2D eigenvalue weighted by Gasteiger charge is -2.33. The first kappa shape index (κ1) is 25.9.